The topological polar surface area (TPSA) is 42.2 Å². The zero-order valence-electron chi connectivity index (χ0n) is 11.8. The average molecular weight is 279 g/mol. The first-order chi connectivity index (χ1) is 10.4. The second-order valence-corrected chi connectivity index (χ2v) is 5.52. The molecule has 21 heavy (non-hydrogen) atoms. The smallest absolute Gasteiger partial charge is 0.211 e. The predicted octanol–water partition coefficient (Wildman–Crippen LogP) is 3.17. The molecule has 0 atom stereocenters. The van der Waals surface area contributed by atoms with E-state index in [-0.39, 0.29) is 0 Å². The molecule has 0 bridgehead atoms. The van der Waals surface area contributed by atoms with Crippen LogP contribution < -0.4 is 0 Å². The second kappa shape index (κ2) is 5.30. The van der Waals surface area contributed by atoms with Crippen LogP contribution in [0, 0.1) is 0 Å². The fraction of sp³-hybridized carbons (Fsp3) is 0.294. The minimum absolute atomic E-state index is 0.697. The first-order valence-electron chi connectivity index (χ1n) is 7.38. The maximum Gasteiger partial charge on any atom is 0.211 e. The van der Waals surface area contributed by atoms with E-state index in [0.717, 1.165) is 37.5 Å². The van der Waals surface area contributed by atoms with Gasteiger partial charge in [-0.25, -0.2) is 4.98 Å². The molecule has 4 heteroatoms. The number of oxazole rings is 1. The molecule has 106 valence electrons. The van der Waals surface area contributed by atoms with E-state index in [2.05, 4.69) is 39.1 Å². The minimum Gasteiger partial charge on any atom is -0.438 e. The van der Waals surface area contributed by atoms with Crippen LogP contribution in [0.2, 0.25) is 0 Å². The Labute approximate surface area is 123 Å². The van der Waals surface area contributed by atoms with Crippen LogP contribution in [-0.2, 0) is 19.5 Å². The Morgan fingerprint density at radius 2 is 2.00 bits per heavy atom. The molecule has 0 amide bonds. The molecular formula is C17H17N3O. The summed E-state index contributed by atoms with van der Waals surface area (Å²) in [5.41, 5.74) is 4.36. The summed E-state index contributed by atoms with van der Waals surface area (Å²) in [6.45, 7) is 2.77. The molecule has 1 aromatic carbocycles. The highest BCUT2D eigenvalue weighted by Gasteiger charge is 2.16. The van der Waals surface area contributed by atoms with E-state index in [1.165, 1.54) is 17.5 Å². The highest BCUT2D eigenvalue weighted by molar-refractivity contribution is 5.66. The monoisotopic (exact) mass is 279 g/mol. The second-order valence-electron chi connectivity index (χ2n) is 5.52. The van der Waals surface area contributed by atoms with Gasteiger partial charge in [0.25, 0.3) is 0 Å². The largest absolute Gasteiger partial charge is 0.438 e. The Morgan fingerprint density at radius 3 is 2.90 bits per heavy atom. The van der Waals surface area contributed by atoms with Crippen molar-refractivity contribution in [3.05, 3.63) is 59.6 Å². The Kier molecular flexibility index (Phi) is 3.16. The third-order valence-electron chi connectivity index (χ3n) is 4.00. The van der Waals surface area contributed by atoms with Crippen LogP contribution in [-0.4, -0.2) is 21.4 Å². The van der Waals surface area contributed by atoms with Crippen LogP contribution in [0.5, 0.6) is 0 Å². The van der Waals surface area contributed by atoms with E-state index < -0.39 is 0 Å². The molecule has 0 unspecified atom stereocenters. The summed E-state index contributed by atoms with van der Waals surface area (Å²) >= 11 is 0. The molecule has 0 N–H and O–H groups in total. The number of benzene rings is 1. The van der Waals surface area contributed by atoms with Gasteiger partial charge < -0.3 is 4.42 Å². The van der Waals surface area contributed by atoms with Gasteiger partial charge in [-0.05, 0) is 42.6 Å². The van der Waals surface area contributed by atoms with Crippen molar-refractivity contribution < 1.29 is 4.42 Å². The van der Waals surface area contributed by atoms with E-state index in [1.807, 2.05) is 12.1 Å². The fourth-order valence-corrected chi connectivity index (χ4v) is 2.98. The number of pyridine rings is 1. The van der Waals surface area contributed by atoms with Gasteiger partial charge in [-0.1, -0.05) is 24.3 Å². The zero-order chi connectivity index (χ0) is 14.1. The van der Waals surface area contributed by atoms with Gasteiger partial charge >= 0.3 is 0 Å². The SMILES string of the molecule is c1ccc2c(c1)CCCN(Cc1nc3ncccc3o1)C2. The average Bonchev–Trinajstić information content (AvgIpc) is 2.79. The molecule has 1 aliphatic rings. The van der Waals surface area contributed by atoms with Crippen molar-refractivity contribution in [1.82, 2.24) is 14.9 Å². The summed E-state index contributed by atoms with van der Waals surface area (Å²) in [6, 6.07) is 12.5. The maximum absolute atomic E-state index is 5.78. The number of fused-ring (bicyclic) bond motifs is 2. The number of hydrogen-bond donors (Lipinski definition) is 0. The highest BCUT2D eigenvalue weighted by Crippen LogP contribution is 2.21. The summed E-state index contributed by atoms with van der Waals surface area (Å²) in [5.74, 6) is 0.753. The van der Waals surface area contributed by atoms with Gasteiger partial charge in [0.15, 0.2) is 11.2 Å². The van der Waals surface area contributed by atoms with Crippen molar-refractivity contribution in [2.45, 2.75) is 25.9 Å². The molecule has 1 aliphatic heterocycles. The van der Waals surface area contributed by atoms with Gasteiger partial charge in [0, 0.05) is 12.7 Å². The van der Waals surface area contributed by atoms with Gasteiger partial charge in [0.1, 0.15) is 0 Å². The Balaban J connectivity index is 1.57. The van der Waals surface area contributed by atoms with Crippen molar-refractivity contribution >= 4 is 11.2 Å². The van der Waals surface area contributed by atoms with Crippen molar-refractivity contribution in [3.63, 3.8) is 0 Å². The van der Waals surface area contributed by atoms with Crippen LogP contribution in [0.15, 0.2) is 47.0 Å². The molecule has 0 spiro atoms. The van der Waals surface area contributed by atoms with E-state index in [1.54, 1.807) is 6.20 Å². The molecular weight excluding hydrogens is 262 g/mol. The minimum atomic E-state index is 0.697. The zero-order valence-corrected chi connectivity index (χ0v) is 11.8. The van der Waals surface area contributed by atoms with Crippen LogP contribution >= 0.6 is 0 Å². The molecule has 4 rings (SSSR count). The molecule has 0 aliphatic carbocycles. The van der Waals surface area contributed by atoms with Crippen molar-refractivity contribution in [1.29, 1.82) is 0 Å². The van der Waals surface area contributed by atoms with E-state index in [9.17, 15) is 0 Å². The molecule has 0 radical (unpaired) electrons. The van der Waals surface area contributed by atoms with Crippen LogP contribution in [0.1, 0.15) is 23.4 Å². The predicted molar refractivity (Wildman–Crippen MR) is 80.7 cm³/mol. The van der Waals surface area contributed by atoms with E-state index >= 15 is 0 Å². The molecule has 4 nitrogen and oxygen atoms in total. The summed E-state index contributed by atoms with van der Waals surface area (Å²) in [6.07, 6.45) is 4.08. The third kappa shape index (κ3) is 2.54. The maximum atomic E-state index is 5.78. The van der Waals surface area contributed by atoms with E-state index in [4.69, 9.17) is 4.42 Å². The van der Waals surface area contributed by atoms with Crippen molar-refractivity contribution in [2.24, 2.45) is 0 Å². The summed E-state index contributed by atoms with van der Waals surface area (Å²) in [4.78, 5) is 11.1. The number of hydrogen-bond acceptors (Lipinski definition) is 4. The first-order valence-corrected chi connectivity index (χ1v) is 7.38. The van der Waals surface area contributed by atoms with Crippen LogP contribution in [0.25, 0.3) is 11.2 Å². The molecule has 0 saturated carbocycles. The van der Waals surface area contributed by atoms with Gasteiger partial charge in [-0.2, -0.15) is 4.98 Å². The van der Waals surface area contributed by atoms with Gasteiger partial charge in [0.05, 0.1) is 6.54 Å². The molecule has 3 heterocycles. The number of aryl methyl sites for hydroxylation is 1. The highest BCUT2D eigenvalue weighted by atomic mass is 16.3. The summed E-state index contributed by atoms with van der Waals surface area (Å²) in [7, 11) is 0. The lowest BCUT2D eigenvalue weighted by atomic mass is 10.0. The number of nitrogens with zero attached hydrogens (tertiary/aromatic N) is 3. The molecule has 0 saturated heterocycles. The van der Waals surface area contributed by atoms with Gasteiger partial charge in [-0.15, -0.1) is 0 Å². The van der Waals surface area contributed by atoms with Gasteiger partial charge in [-0.3, -0.25) is 4.90 Å². The van der Waals surface area contributed by atoms with Crippen molar-refractivity contribution in [3.8, 4) is 0 Å². The lowest BCUT2D eigenvalue weighted by Crippen LogP contribution is -2.22. The fourth-order valence-electron chi connectivity index (χ4n) is 2.98. The lowest BCUT2D eigenvalue weighted by molar-refractivity contribution is 0.237. The summed E-state index contributed by atoms with van der Waals surface area (Å²) < 4.78 is 5.78. The number of aromatic nitrogens is 2. The standard InChI is InChI=1S/C17H17N3O/c1-2-6-14-11-20(10-4-7-13(14)5-1)12-16-19-17-15(21-16)8-3-9-18-17/h1-3,5-6,8-9H,4,7,10-12H2. The Morgan fingerprint density at radius 1 is 1.10 bits per heavy atom. The third-order valence-corrected chi connectivity index (χ3v) is 4.00. The normalized spacial score (nSPS) is 15.8. The van der Waals surface area contributed by atoms with E-state index in [0.29, 0.717) is 5.65 Å². The molecule has 2 aromatic heterocycles. The summed E-state index contributed by atoms with van der Waals surface area (Å²) in [5, 5.41) is 0. The van der Waals surface area contributed by atoms with Gasteiger partial charge in [0.2, 0.25) is 5.89 Å². The molecule has 0 fully saturated rings. The van der Waals surface area contributed by atoms with Crippen molar-refractivity contribution in [2.75, 3.05) is 6.54 Å². The van der Waals surface area contributed by atoms with Crippen LogP contribution in [0.3, 0.4) is 0 Å². The first kappa shape index (κ1) is 12.5. The number of rotatable bonds is 2. The van der Waals surface area contributed by atoms with Crippen LogP contribution in [0.4, 0.5) is 0 Å². The Bertz CT molecular complexity index is 732. The quantitative estimate of drug-likeness (QED) is 0.722. The lowest BCUT2D eigenvalue weighted by Gasteiger charge is -2.18. The Hall–Kier alpha value is -2.20. The molecule has 3 aromatic rings.